The van der Waals surface area contributed by atoms with Crippen molar-refractivity contribution < 1.29 is 9.21 Å². The average molecular weight is 456 g/mol. The van der Waals surface area contributed by atoms with Gasteiger partial charge < -0.3 is 14.2 Å². The normalized spacial score (nSPS) is 14.2. The molecule has 0 N–H and O–H groups in total. The highest BCUT2D eigenvalue weighted by molar-refractivity contribution is 7.99. The minimum absolute atomic E-state index is 0.185. The number of carbonyl (C=O) groups is 1. The van der Waals surface area contributed by atoms with Gasteiger partial charge >= 0.3 is 0 Å². The predicted molar refractivity (Wildman–Crippen MR) is 128 cm³/mol. The molecule has 0 saturated carbocycles. The van der Waals surface area contributed by atoms with Gasteiger partial charge in [-0.25, -0.2) is 4.98 Å². The summed E-state index contributed by atoms with van der Waals surface area (Å²) in [7, 11) is 0. The van der Waals surface area contributed by atoms with E-state index in [0.29, 0.717) is 22.4 Å². The van der Waals surface area contributed by atoms with E-state index in [1.165, 1.54) is 11.3 Å². The van der Waals surface area contributed by atoms with Gasteiger partial charge in [0.05, 0.1) is 11.4 Å². The van der Waals surface area contributed by atoms with E-state index in [0.717, 1.165) is 43.2 Å². The Morgan fingerprint density at radius 1 is 1.10 bits per heavy atom. The van der Waals surface area contributed by atoms with Crippen LogP contribution in [0.2, 0.25) is 5.02 Å². The SMILES string of the molecule is Cc1ccc(N2CCN(C(=O)CSCc3nc(-c4cccc(Cl)c4)oc3C)CC2)cc1. The summed E-state index contributed by atoms with van der Waals surface area (Å²) in [4.78, 5) is 21.6. The highest BCUT2D eigenvalue weighted by Crippen LogP contribution is 2.26. The van der Waals surface area contributed by atoms with Crippen LogP contribution in [0.4, 0.5) is 5.69 Å². The summed E-state index contributed by atoms with van der Waals surface area (Å²) in [6.07, 6.45) is 0. The number of oxazole rings is 1. The Bertz CT molecular complexity index is 1040. The monoisotopic (exact) mass is 455 g/mol. The Kier molecular flexibility index (Phi) is 6.88. The zero-order valence-corrected chi connectivity index (χ0v) is 19.4. The number of amides is 1. The minimum Gasteiger partial charge on any atom is -0.441 e. The molecule has 162 valence electrons. The van der Waals surface area contributed by atoms with Crippen molar-refractivity contribution >= 4 is 35.0 Å². The third kappa shape index (κ3) is 5.43. The summed E-state index contributed by atoms with van der Waals surface area (Å²) in [5.74, 6) is 2.62. The molecular formula is C24H26ClN3O2S. The fraction of sp³-hybridized carbons (Fsp3) is 0.333. The minimum atomic E-state index is 0.185. The van der Waals surface area contributed by atoms with Crippen molar-refractivity contribution in [3.8, 4) is 11.5 Å². The van der Waals surface area contributed by atoms with Crippen LogP contribution in [-0.2, 0) is 10.5 Å². The van der Waals surface area contributed by atoms with Crippen molar-refractivity contribution in [3.05, 3.63) is 70.6 Å². The second-order valence-electron chi connectivity index (χ2n) is 7.73. The summed E-state index contributed by atoms with van der Waals surface area (Å²) in [6, 6.07) is 16.0. The average Bonchev–Trinajstić information content (AvgIpc) is 3.15. The number of hydrogen-bond donors (Lipinski definition) is 0. The molecule has 2 aromatic carbocycles. The number of carbonyl (C=O) groups excluding carboxylic acids is 1. The lowest BCUT2D eigenvalue weighted by molar-refractivity contribution is -0.128. The number of aromatic nitrogens is 1. The molecule has 0 aliphatic carbocycles. The van der Waals surface area contributed by atoms with Crippen molar-refractivity contribution in [2.24, 2.45) is 0 Å². The lowest BCUT2D eigenvalue weighted by Crippen LogP contribution is -2.49. The summed E-state index contributed by atoms with van der Waals surface area (Å²) < 4.78 is 5.81. The quantitative estimate of drug-likeness (QED) is 0.511. The summed E-state index contributed by atoms with van der Waals surface area (Å²) in [5.41, 5.74) is 4.21. The zero-order valence-electron chi connectivity index (χ0n) is 17.8. The van der Waals surface area contributed by atoms with E-state index < -0.39 is 0 Å². The van der Waals surface area contributed by atoms with Crippen LogP contribution in [0.15, 0.2) is 52.9 Å². The lowest BCUT2D eigenvalue weighted by atomic mass is 10.2. The Balaban J connectivity index is 1.26. The van der Waals surface area contributed by atoms with Gasteiger partial charge in [-0.2, -0.15) is 0 Å². The van der Waals surface area contributed by atoms with Crippen LogP contribution in [0.5, 0.6) is 0 Å². The number of thioether (sulfide) groups is 1. The van der Waals surface area contributed by atoms with E-state index in [1.807, 2.05) is 36.1 Å². The molecule has 4 rings (SSSR count). The van der Waals surface area contributed by atoms with E-state index in [9.17, 15) is 4.79 Å². The first kappa shape index (κ1) is 21.8. The second kappa shape index (κ2) is 9.79. The molecule has 1 aromatic heterocycles. The maximum atomic E-state index is 12.7. The Hall–Kier alpha value is -2.44. The number of rotatable bonds is 6. The number of benzene rings is 2. The molecule has 2 heterocycles. The number of aryl methyl sites for hydroxylation is 2. The Labute approximate surface area is 192 Å². The molecule has 5 nitrogen and oxygen atoms in total. The number of hydrogen-bond acceptors (Lipinski definition) is 5. The van der Waals surface area contributed by atoms with E-state index >= 15 is 0 Å². The van der Waals surface area contributed by atoms with Crippen molar-refractivity contribution in [2.45, 2.75) is 19.6 Å². The van der Waals surface area contributed by atoms with Crippen LogP contribution in [0.25, 0.3) is 11.5 Å². The van der Waals surface area contributed by atoms with E-state index in [-0.39, 0.29) is 5.91 Å². The molecule has 1 fully saturated rings. The standard InChI is InChI=1S/C24H26ClN3O2S/c1-17-6-8-21(9-7-17)27-10-12-28(13-11-27)23(29)16-31-15-22-18(2)30-24(26-22)19-4-3-5-20(25)14-19/h3-9,14H,10-13,15-16H2,1-2H3. The highest BCUT2D eigenvalue weighted by Gasteiger charge is 2.21. The molecule has 0 atom stereocenters. The molecule has 1 amide bonds. The van der Waals surface area contributed by atoms with Gasteiger partial charge in [0.1, 0.15) is 5.76 Å². The van der Waals surface area contributed by atoms with Gasteiger partial charge in [-0.3, -0.25) is 4.79 Å². The molecule has 0 spiro atoms. The number of piperazine rings is 1. The Morgan fingerprint density at radius 2 is 1.84 bits per heavy atom. The first-order valence-corrected chi connectivity index (χ1v) is 11.9. The molecule has 1 saturated heterocycles. The third-order valence-corrected chi connectivity index (χ3v) is 6.62. The lowest BCUT2D eigenvalue weighted by Gasteiger charge is -2.36. The smallest absolute Gasteiger partial charge is 0.232 e. The fourth-order valence-electron chi connectivity index (χ4n) is 3.60. The maximum absolute atomic E-state index is 12.7. The molecule has 31 heavy (non-hydrogen) atoms. The van der Waals surface area contributed by atoms with Crippen molar-refractivity contribution in [1.82, 2.24) is 9.88 Å². The number of anilines is 1. The molecule has 1 aliphatic rings. The van der Waals surface area contributed by atoms with Crippen LogP contribution in [0.3, 0.4) is 0 Å². The van der Waals surface area contributed by atoms with Crippen LogP contribution < -0.4 is 4.90 Å². The van der Waals surface area contributed by atoms with Gasteiger partial charge in [-0.05, 0) is 44.2 Å². The molecule has 7 heteroatoms. The van der Waals surface area contributed by atoms with Gasteiger partial charge in [-0.15, -0.1) is 11.8 Å². The highest BCUT2D eigenvalue weighted by atomic mass is 35.5. The van der Waals surface area contributed by atoms with Crippen molar-refractivity contribution in [1.29, 1.82) is 0 Å². The zero-order chi connectivity index (χ0) is 21.8. The van der Waals surface area contributed by atoms with Gasteiger partial charge in [0.2, 0.25) is 11.8 Å². The first-order chi connectivity index (χ1) is 15.0. The molecule has 0 bridgehead atoms. The van der Waals surface area contributed by atoms with Gasteiger partial charge in [0.15, 0.2) is 0 Å². The number of nitrogens with zero attached hydrogens (tertiary/aromatic N) is 3. The summed E-state index contributed by atoms with van der Waals surface area (Å²) >= 11 is 7.64. The summed E-state index contributed by atoms with van der Waals surface area (Å²) in [5, 5.41) is 0.650. The molecule has 3 aromatic rings. The van der Waals surface area contributed by atoms with Crippen LogP contribution in [0.1, 0.15) is 17.0 Å². The fourth-order valence-corrected chi connectivity index (χ4v) is 4.71. The van der Waals surface area contributed by atoms with Crippen LogP contribution in [-0.4, -0.2) is 47.7 Å². The van der Waals surface area contributed by atoms with E-state index in [4.69, 9.17) is 16.0 Å². The molecular weight excluding hydrogens is 430 g/mol. The Morgan fingerprint density at radius 3 is 2.55 bits per heavy atom. The van der Waals surface area contributed by atoms with Gasteiger partial charge in [-0.1, -0.05) is 35.4 Å². The van der Waals surface area contributed by atoms with Crippen LogP contribution >= 0.6 is 23.4 Å². The number of halogens is 1. The largest absolute Gasteiger partial charge is 0.441 e. The van der Waals surface area contributed by atoms with Gasteiger partial charge in [0, 0.05) is 48.2 Å². The molecule has 0 radical (unpaired) electrons. The van der Waals surface area contributed by atoms with Crippen LogP contribution in [0, 0.1) is 13.8 Å². The topological polar surface area (TPSA) is 49.6 Å². The molecule has 0 unspecified atom stereocenters. The predicted octanol–water partition coefficient (Wildman–Crippen LogP) is 5.19. The van der Waals surface area contributed by atoms with Crippen molar-refractivity contribution in [3.63, 3.8) is 0 Å². The maximum Gasteiger partial charge on any atom is 0.232 e. The van der Waals surface area contributed by atoms with E-state index in [2.05, 4.69) is 41.1 Å². The van der Waals surface area contributed by atoms with Crippen molar-refractivity contribution in [2.75, 3.05) is 36.8 Å². The van der Waals surface area contributed by atoms with Gasteiger partial charge in [0.25, 0.3) is 0 Å². The summed E-state index contributed by atoms with van der Waals surface area (Å²) in [6.45, 7) is 7.25. The second-order valence-corrected chi connectivity index (χ2v) is 9.15. The molecule has 1 aliphatic heterocycles. The van der Waals surface area contributed by atoms with E-state index in [1.54, 1.807) is 11.8 Å². The first-order valence-electron chi connectivity index (χ1n) is 10.4. The third-order valence-electron chi connectivity index (χ3n) is 5.46.